The fraction of sp³-hybridized carbons (Fsp3) is 0.167. The average molecular weight is 437 g/mol. The van der Waals surface area contributed by atoms with Crippen molar-refractivity contribution >= 4 is 61.9 Å². The summed E-state index contributed by atoms with van der Waals surface area (Å²) in [6.45, 7) is 0. The maximum atomic E-state index is 12.3. The summed E-state index contributed by atoms with van der Waals surface area (Å²) in [5.74, 6) is -0.183. The molecule has 128 valence electrons. The third-order valence-electron chi connectivity index (χ3n) is 3.68. The zero-order valence-electron chi connectivity index (χ0n) is 12.9. The van der Waals surface area contributed by atoms with Crippen molar-refractivity contribution < 1.29 is 19.1 Å². The van der Waals surface area contributed by atoms with E-state index in [1.165, 1.54) is 0 Å². The van der Waals surface area contributed by atoms with Gasteiger partial charge in [-0.05, 0) is 30.3 Å². The smallest absolute Gasteiger partial charge is 0.304 e. The van der Waals surface area contributed by atoms with Gasteiger partial charge in [0.2, 0.25) is 0 Å². The van der Waals surface area contributed by atoms with E-state index in [1.54, 1.807) is 12.1 Å². The molecule has 0 aliphatic carbocycles. The Hall–Kier alpha value is -1.70. The number of carboxylic acids is 1. The Kier molecular flexibility index (Phi) is 5.56. The second-order valence-corrected chi connectivity index (χ2v) is 8.26. The minimum Gasteiger partial charge on any atom is -0.481 e. The van der Waals surface area contributed by atoms with Crippen molar-refractivity contribution in [3.05, 3.63) is 51.5 Å². The largest absolute Gasteiger partial charge is 0.481 e. The number of Topliss-reactive ketones (excluding diaryl/α,β-unsaturated/α-hetero) is 1. The Bertz CT molecular complexity index is 885. The number of rotatable bonds is 4. The van der Waals surface area contributed by atoms with E-state index < -0.39 is 11.9 Å². The van der Waals surface area contributed by atoms with Gasteiger partial charge in [-0.15, -0.1) is 0 Å². The van der Waals surface area contributed by atoms with Gasteiger partial charge in [0.15, 0.2) is 5.78 Å². The monoisotopic (exact) mass is 436 g/mol. The Morgan fingerprint density at radius 2 is 2.20 bits per heavy atom. The quantitative estimate of drug-likeness (QED) is 0.526. The first-order valence-corrected chi connectivity index (χ1v) is 9.48. The lowest BCUT2D eigenvalue weighted by molar-refractivity contribution is -0.137. The molecule has 1 saturated heterocycles. The number of hydrogen-bond donors (Lipinski definition) is 1. The van der Waals surface area contributed by atoms with Crippen LogP contribution in [0.2, 0.25) is 0 Å². The third kappa shape index (κ3) is 4.48. The molecular formula is C18H13BrO4S2. The minimum atomic E-state index is -0.946. The van der Waals surface area contributed by atoms with Gasteiger partial charge in [-0.25, -0.2) is 0 Å². The number of halogens is 1. The maximum Gasteiger partial charge on any atom is 0.304 e. The molecule has 2 aromatic rings. The molecule has 7 heteroatoms. The van der Waals surface area contributed by atoms with Gasteiger partial charge in [-0.2, -0.15) is 0 Å². The second-order valence-electron chi connectivity index (χ2n) is 5.56. The van der Waals surface area contributed by atoms with E-state index in [0.717, 1.165) is 21.8 Å². The molecule has 2 heterocycles. The number of aliphatic carboxylic acids is 1. The Balaban J connectivity index is 1.79. The molecule has 1 aliphatic rings. The maximum absolute atomic E-state index is 12.3. The van der Waals surface area contributed by atoms with Gasteiger partial charge in [-0.3, -0.25) is 9.59 Å². The first-order valence-electron chi connectivity index (χ1n) is 7.46. The van der Waals surface area contributed by atoms with Crippen LogP contribution >= 0.6 is 39.9 Å². The van der Waals surface area contributed by atoms with E-state index in [4.69, 9.17) is 21.7 Å². The predicted octanol–water partition coefficient (Wildman–Crippen LogP) is 5.17. The fourth-order valence-electron chi connectivity index (χ4n) is 2.49. The molecule has 1 aliphatic heterocycles. The zero-order chi connectivity index (χ0) is 18.0. The van der Waals surface area contributed by atoms with Gasteiger partial charge in [0.05, 0.1) is 15.5 Å². The number of carboxylic acid groups (broad SMARTS) is 1. The Morgan fingerprint density at radius 3 is 2.92 bits per heavy atom. The van der Waals surface area contributed by atoms with E-state index >= 15 is 0 Å². The summed E-state index contributed by atoms with van der Waals surface area (Å²) in [7, 11) is 0. The van der Waals surface area contributed by atoms with Crippen LogP contribution in [0.25, 0.3) is 17.4 Å². The summed E-state index contributed by atoms with van der Waals surface area (Å²) >= 11 is 9.84. The van der Waals surface area contributed by atoms with Crippen LogP contribution < -0.4 is 0 Å². The highest BCUT2D eigenvalue weighted by atomic mass is 79.9. The number of thioether (sulfide) groups is 1. The van der Waals surface area contributed by atoms with Crippen LogP contribution in [0.4, 0.5) is 0 Å². The van der Waals surface area contributed by atoms with E-state index in [1.807, 2.05) is 30.3 Å². The molecular weight excluding hydrogens is 424 g/mol. The number of ketones is 1. The molecule has 1 unspecified atom stereocenters. The van der Waals surface area contributed by atoms with E-state index in [-0.39, 0.29) is 18.6 Å². The molecule has 3 rings (SSSR count). The molecule has 25 heavy (non-hydrogen) atoms. The van der Waals surface area contributed by atoms with Crippen molar-refractivity contribution in [1.82, 2.24) is 0 Å². The van der Waals surface area contributed by atoms with Gasteiger partial charge in [0.1, 0.15) is 11.5 Å². The topological polar surface area (TPSA) is 67.5 Å². The van der Waals surface area contributed by atoms with Gasteiger partial charge in [0, 0.05) is 22.4 Å². The zero-order valence-corrected chi connectivity index (χ0v) is 16.1. The van der Waals surface area contributed by atoms with Crippen molar-refractivity contribution in [3.8, 4) is 11.3 Å². The number of benzene rings is 1. The molecule has 0 amide bonds. The lowest BCUT2D eigenvalue weighted by Crippen LogP contribution is -2.24. The molecule has 0 saturated carbocycles. The average Bonchev–Trinajstić information content (AvgIpc) is 3.00. The highest BCUT2D eigenvalue weighted by molar-refractivity contribution is 9.10. The van der Waals surface area contributed by atoms with E-state index in [9.17, 15) is 9.59 Å². The first kappa shape index (κ1) is 18.1. The lowest BCUT2D eigenvalue weighted by atomic mass is 9.99. The fourth-order valence-corrected chi connectivity index (χ4v) is 4.25. The standard InChI is InChI=1S/C18H13BrO4S2/c19-12-3-1-2-10(6-12)15-5-4-13(23-15)9-16-14(20)7-11(8-17(21)22)18(24)25-16/h1-6,9,11H,7-8H2,(H,21,22)/b16-9+. The highest BCUT2D eigenvalue weighted by Gasteiger charge is 2.30. The van der Waals surface area contributed by atoms with Crippen LogP contribution in [-0.2, 0) is 9.59 Å². The van der Waals surface area contributed by atoms with Crippen LogP contribution in [-0.4, -0.2) is 21.1 Å². The van der Waals surface area contributed by atoms with Crippen molar-refractivity contribution in [2.75, 3.05) is 0 Å². The second kappa shape index (κ2) is 7.68. The van der Waals surface area contributed by atoms with Crippen LogP contribution in [0.1, 0.15) is 18.6 Å². The minimum absolute atomic E-state index is 0.106. The third-order valence-corrected chi connectivity index (χ3v) is 5.86. The summed E-state index contributed by atoms with van der Waals surface area (Å²) in [4.78, 5) is 23.6. The van der Waals surface area contributed by atoms with Crippen LogP contribution in [0.3, 0.4) is 0 Å². The number of carbonyl (C=O) groups is 2. The van der Waals surface area contributed by atoms with Gasteiger partial charge >= 0.3 is 5.97 Å². The summed E-state index contributed by atoms with van der Waals surface area (Å²) in [6, 6.07) is 11.4. The van der Waals surface area contributed by atoms with Crippen molar-refractivity contribution in [3.63, 3.8) is 0 Å². The molecule has 1 N–H and O–H groups in total. The van der Waals surface area contributed by atoms with Gasteiger partial charge in [-0.1, -0.05) is 52.0 Å². The molecule has 1 fully saturated rings. The van der Waals surface area contributed by atoms with Gasteiger partial charge < -0.3 is 9.52 Å². The number of furan rings is 1. The summed E-state index contributed by atoms with van der Waals surface area (Å²) in [6.07, 6.45) is 1.68. The van der Waals surface area contributed by atoms with E-state index in [2.05, 4.69) is 15.9 Å². The highest BCUT2D eigenvalue weighted by Crippen LogP contribution is 2.36. The lowest BCUT2D eigenvalue weighted by Gasteiger charge is -2.21. The normalized spacial score (nSPS) is 19.4. The first-order chi connectivity index (χ1) is 11.9. The summed E-state index contributed by atoms with van der Waals surface area (Å²) in [5, 5.41) is 8.89. The van der Waals surface area contributed by atoms with Gasteiger partial charge in [0.25, 0.3) is 0 Å². The van der Waals surface area contributed by atoms with Crippen LogP contribution in [0, 0.1) is 5.92 Å². The Morgan fingerprint density at radius 1 is 1.40 bits per heavy atom. The number of carbonyl (C=O) groups excluding carboxylic acids is 1. The van der Waals surface area contributed by atoms with Crippen LogP contribution in [0.15, 0.2) is 50.2 Å². The van der Waals surface area contributed by atoms with Crippen molar-refractivity contribution in [1.29, 1.82) is 0 Å². The van der Waals surface area contributed by atoms with E-state index in [0.29, 0.717) is 20.6 Å². The molecule has 1 aromatic carbocycles. The number of hydrogen-bond acceptors (Lipinski definition) is 5. The summed E-state index contributed by atoms with van der Waals surface area (Å²) in [5.41, 5.74) is 0.929. The molecule has 0 bridgehead atoms. The molecule has 1 aromatic heterocycles. The number of thiocarbonyl (C=S) groups is 1. The molecule has 0 spiro atoms. The molecule has 1 atom stereocenters. The number of allylic oxidation sites excluding steroid dienone is 1. The molecule has 4 nitrogen and oxygen atoms in total. The summed E-state index contributed by atoms with van der Waals surface area (Å²) < 4.78 is 7.29. The van der Waals surface area contributed by atoms with Crippen molar-refractivity contribution in [2.45, 2.75) is 12.8 Å². The van der Waals surface area contributed by atoms with Crippen molar-refractivity contribution in [2.24, 2.45) is 5.92 Å². The van der Waals surface area contributed by atoms with Crippen LogP contribution in [0.5, 0.6) is 0 Å². The molecule has 0 radical (unpaired) electrons. The predicted molar refractivity (Wildman–Crippen MR) is 105 cm³/mol. The Labute approximate surface area is 162 Å². The SMILES string of the molecule is O=C(O)CC1CC(=O)/C(=C\c2ccc(-c3cccc(Br)c3)o2)SC1=S.